The van der Waals surface area contributed by atoms with Crippen molar-refractivity contribution in [2.24, 2.45) is 0 Å². The molecule has 0 fully saturated rings. The quantitative estimate of drug-likeness (QED) is 0.680. The van der Waals surface area contributed by atoms with Crippen LogP contribution in [0.25, 0.3) is 6.08 Å². The molecule has 0 aliphatic heterocycles. The van der Waals surface area contributed by atoms with Crippen molar-refractivity contribution in [1.29, 1.82) is 0 Å². The molecule has 1 atom stereocenters. The zero-order valence-electron chi connectivity index (χ0n) is 11.7. The number of ether oxygens (including phenoxy) is 1. The maximum Gasteiger partial charge on any atom is 0.439 e. The molecule has 1 aromatic rings. The summed E-state index contributed by atoms with van der Waals surface area (Å²) in [6.45, 7) is 1.41. The van der Waals surface area contributed by atoms with E-state index in [-0.39, 0.29) is 5.12 Å². The Labute approximate surface area is 132 Å². The Hall–Kier alpha value is -1.64. The lowest BCUT2D eigenvalue weighted by atomic mass is 10.2. The number of hydrogen-bond acceptors (Lipinski definition) is 3. The molecule has 1 rings (SSSR count). The molecule has 0 N–H and O–H groups in total. The van der Waals surface area contributed by atoms with Crippen LogP contribution in [0.3, 0.4) is 0 Å². The number of halogens is 6. The van der Waals surface area contributed by atoms with Crippen LogP contribution in [0.1, 0.15) is 12.5 Å². The minimum atomic E-state index is -5.72. The van der Waals surface area contributed by atoms with Crippen LogP contribution in [0, 0.1) is 0 Å². The van der Waals surface area contributed by atoms with Gasteiger partial charge >= 0.3 is 12.3 Å². The predicted octanol–water partition coefficient (Wildman–Crippen LogP) is 4.85. The molecule has 0 saturated carbocycles. The smallest absolute Gasteiger partial charge is 0.430 e. The number of thioether (sulfide) groups is 1. The van der Waals surface area contributed by atoms with Crippen molar-refractivity contribution in [1.82, 2.24) is 0 Å². The van der Waals surface area contributed by atoms with E-state index in [9.17, 15) is 31.1 Å². The Morgan fingerprint density at radius 3 is 2.26 bits per heavy atom. The third-order valence-electron chi connectivity index (χ3n) is 2.41. The first-order chi connectivity index (χ1) is 10.5. The molecule has 2 nitrogen and oxygen atoms in total. The first-order valence-electron chi connectivity index (χ1n) is 6.20. The molecule has 0 bridgehead atoms. The molecule has 0 aromatic heterocycles. The van der Waals surface area contributed by atoms with Gasteiger partial charge in [-0.1, -0.05) is 36.0 Å². The summed E-state index contributed by atoms with van der Waals surface area (Å²) in [4.78, 5) is 10.7. The highest BCUT2D eigenvalue weighted by Gasteiger charge is 2.59. The van der Waals surface area contributed by atoms with Gasteiger partial charge in [-0.05, 0) is 17.7 Å². The second-order valence-electron chi connectivity index (χ2n) is 4.34. The van der Waals surface area contributed by atoms with Gasteiger partial charge in [0.25, 0.3) is 6.17 Å². The van der Waals surface area contributed by atoms with Gasteiger partial charge in [0.2, 0.25) is 0 Å². The fourth-order valence-electron chi connectivity index (χ4n) is 1.40. The molecule has 9 heteroatoms. The van der Waals surface area contributed by atoms with Gasteiger partial charge in [-0.25, -0.2) is 4.39 Å². The number of carbonyl (C=O) groups is 1. The van der Waals surface area contributed by atoms with Crippen LogP contribution in [0.5, 0.6) is 5.75 Å². The average Bonchev–Trinajstić information content (AvgIpc) is 2.43. The monoisotopic (exact) mass is 358 g/mol. The van der Waals surface area contributed by atoms with Crippen molar-refractivity contribution in [2.75, 3.05) is 5.75 Å². The van der Waals surface area contributed by atoms with Crippen molar-refractivity contribution < 1.29 is 35.9 Å². The molecule has 0 spiro atoms. The third kappa shape index (κ3) is 6.55. The van der Waals surface area contributed by atoms with Gasteiger partial charge < -0.3 is 4.74 Å². The second kappa shape index (κ2) is 7.76. The summed E-state index contributed by atoms with van der Waals surface area (Å²) in [5.74, 6) is -0.182. The highest BCUT2D eigenvalue weighted by Crippen LogP contribution is 2.36. The molecule has 0 aliphatic carbocycles. The molecular formula is C14H12F6O2S. The van der Waals surface area contributed by atoms with Crippen molar-refractivity contribution in [2.45, 2.75) is 25.4 Å². The van der Waals surface area contributed by atoms with E-state index in [4.69, 9.17) is 0 Å². The summed E-state index contributed by atoms with van der Waals surface area (Å²) in [6.07, 6.45) is -11.9. The van der Waals surface area contributed by atoms with E-state index in [2.05, 4.69) is 4.74 Å². The van der Waals surface area contributed by atoms with Crippen LogP contribution in [0.15, 0.2) is 30.3 Å². The maximum atomic E-state index is 13.1. The summed E-state index contributed by atoms with van der Waals surface area (Å²) in [7, 11) is 0. The molecule has 0 unspecified atom stereocenters. The molecule has 0 heterocycles. The van der Waals surface area contributed by atoms with Crippen molar-refractivity contribution in [3.8, 4) is 5.75 Å². The fourth-order valence-corrected chi connectivity index (χ4v) is 1.82. The van der Waals surface area contributed by atoms with Gasteiger partial charge in [0.15, 0.2) is 5.12 Å². The van der Waals surface area contributed by atoms with Crippen LogP contribution < -0.4 is 4.74 Å². The average molecular weight is 358 g/mol. The number of alkyl halides is 6. The zero-order chi connectivity index (χ0) is 17.7. The standard InChI is InChI=1S/C14H12F6O2S/c1-9(21)23-8-2-3-10-4-6-11(7-5-10)22-14(19,20)12(15)13(16,17)18/h2-7,12H,8H2,1H3/t12-/m1/s1. The van der Waals surface area contributed by atoms with Crippen molar-refractivity contribution in [3.05, 3.63) is 35.9 Å². The number of hydrogen-bond donors (Lipinski definition) is 0. The molecule has 128 valence electrons. The second-order valence-corrected chi connectivity index (χ2v) is 5.54. The van der Waals surface area contributed by atoms with E-state index < -0.39 is 24.2 Å². The summed E-state index contributed by atoms with van der Waals surface area (Å²) < 4.78 is 78.5. The zero-order valence-corrected chi connectivity index (χ0v) is 12.6. The minimum Gasteiger partial charge on any atom is -0.430 e. The van der Waals surface area contributed by atoms with Crippen molar-refractivity contribution in [3.63, 3.8) is 0 Å². The highest BCUT2D eigenvalue weighted by atomic mass is 32.2. The van der Waals surface area contributed by atoms with Gasteiger partial charge in [-0.15, -0.1) is 0 Å². The predicted molar refractivity (Wildman–Crippen MR) is 75.1 cm³/mol. The van der Waals surface area contributed by atoms with Gasteiger partial charge in [-0.2, -0.15) is 22.0 Å². The van der Waals surface area contributed by atoms with Gasteiger partial charge in [0.05, 0.1) is 0 Å². The Balaban J connectivity index is 2.68. The summed E-state index contributed by atoms with van der Waals surface area (Å²) in [5.41, 5.74) is 0.553. The summed E-state index contributed by atoms with van der Waals surface area (Å²) in [5, 5.41) is -0.0638. The maximum absolute atomic E-state index is 13.1. The highest BCUT2D eigenvalue weighted by molar-refractivity contribution is 8.13. The molecule has 1 aromatic carbocycles. The number of rotatable bonds is 6. The lowest BCUT2D eigenvalue weighted by molar-refractivity contribution is -0.304. The van der Waals surface area contributed by atoms with E-state index >= 15 is 0 Å². The summed E-state index contributed by atoms with van der Waals surface area (Å²) in [6, 6.07) is 4.60. The molecule has 23 heavy (non-hydrogen) atoms. The Morgan fingerprint density at radius 1 is 1.22 bits per heavy atom. The molecule has 0 amide bonds. The van der Waals surface area contributed by atoms with E-state index in [1.807, 2.05) is 0 Å². The van der Waals surface area contributed by atoms with Crippen LogP contribution in [-0.2, 0) is 4.79 Å². The molecule has 0 aliphatic rings. The number of carbonyl (C=O) groups excluding carboxylic acids is 1. The first kappa shape index (κ1) is 19.4. The largest absolute Gasteiger partial charge is 0.439 e. The van der Waals surface area contributed by atoms with E-state index in [1.165, 1.54) is 19.1 Å². The SMILES string of the molecule is CC(=O)SCC=Cc1ccc(OC(F)(F)[C@H](F)C(F)(F)F)cc1. The van der Waals surface area contributed by atoms with Crippen LogP contribution >= 0.6 is 11.8 Å². The van der Waals surface area contributed by atoms with Crippen LogP contribution in [0.4, 0.5) is 26.3 Å². The Bertz CT molecular complexity index is 553. The first-order valence-corrected chi connectivity index (χ1v) is 7.18. The lowest BCUT2D eigenvalue weighted by Gasteiger charge is -2.23. The number of benzene rings is 1. The van der Waals surface area contributed by atoms with Crippen molar-refractivity contribution >= 4 is 23.0 Å². The summed E-state index contributed by atoms with van der Waals surface area (Å²) >= 11 is 1.07. The Morgan fingerprint density at radius 2 is 1.78 bits per heavy atom. The van der Waals surface area contributed by atoms with E-state index in [1.54, 1.807) is 12.2 Å². The molecular weight excluding hydrogens is 346 g/mol. The third-order valence-corrected chi connectivity index (χ3v) is 3.18. The van der Waals surface area contributed by atoms with Gasteiger partial charge in [0.1, 0.15) is 5.75 Å². The Kier molecular flexibility index (Phi) is 6.55. The van der Waals surface area contributed by atoms with E-state index in [0.29, 0.717) is 11.3 Å². The van der Waals surface area contributed by atoms with E-state index in [0.717, 1.165) is 23.9 Å². The molecule has 0 radical (unpaired) electrons. The minimum absolute atomic E-state index is 0.0638. The topological polar surface area (TPSA) is 26.3 Å². The van der Waals surface area contributed by atoms with Gasteiger partial charge in [-0.3, -0.25) is 4.79 Å². The van der Waals surface area contributed by atoms with Gasteiger partial charge in [0, 0.05) is 12.7 Å². The van der Waals surface area contributed by atoms with Crippen LogP contribution in [0.2, 0.25) is 0 Å². The molecule has 0 saturated heterocycles. The normalized spacial score (nSPS) is 14.0. The van der Waals surface area contributed by atoms with Crippen LogP contribution in [-0.4, -0.2) is 29.3 Å². The fraction of sp³-hybridized carbons (Fsp3) is 0.357. The lowest BCUT2D eigenvalue weighted by Crippen LogP contribution is -2.45.